The molecule has 2 aliphatic rings. The summed E-state index contributed by atoms with van der Waals surface area (Å²) in [6, 6.07) is 20.5. The summed E-state index contributed by atoms with van der Waals surface area (Å²) in [6.07, 6.45) is 5.11. The Balaban J connectivity index is 1.74. The lowest BCUT2D eigenvalue weighted by Crippen LogP contribution is -2.59. The molecule has 0 heterocycles. The second-order valence-electron chi connectivity index (χ2n) is 5.69. The molecule has 2 aromatic carbocycles. The van der Waals surface area contributed by atoms with Gasteiger partial charge < -0.3 is 4.74 Å². The van der Waals surface area contributed by atoms with Gasteiger partial charge in [0.05, 0.1) is 6.07 Å². The third kappa shape index (κ3) is 1.64. The number of allylic oxidation sites excluding steroid dienone is 1. The third-order valence-electron chi connectivity index (χ3n) is 4.68. The molecule has 0 saturated heterocycles. The third-order valence-corrected chi connectivity index (χ3v) is 4.68. The first kappa shape index (κ1) is 12.2. The topological polar surface area (TPSA) is 33.0 Å². The summed E-state index contributed by atoms with van der Waals surface area (Å²) in [7, 11) is 0. The first-order valence-electron chi connectivity index (χ1n) is 7.25. The number of nitriles is 1. The number of rotatable bonds is 2. The molecule has 2 aliphatic carbocycles. The number of benzene rings is 2. The van der Waals surface area contributed by atoms with Crippen molar-refractivity contribution in [1.29, 1.82) is 5.26 Å². The van der Waals surface area contributed by atoms with Crippen LogP contribution in [0.2, 0.25) is 0 Å². The molecule has 2 heteroatoms. The average Bonchev–Trinajstić information content (AvgIpc) is 2.53. The summed E-state index contributed by atoms with van der Waals surface area (Å²) in [6.45, 7) is 0. The van der Waals surface area contributed by atoms with E-state index in [1.807, 2.05) is 42.5 Å². The van der Waals surface area contributed by atoms with Gasteiger partial charge in [-0.15, -0.1) is 0 Å². The highest BCUT2D eigenvalue weighted by Crippen LogP contribution is 2.54. The van der Waals surface area contributed by atoms with E-state index in [0.717, 1.165) is 23.3 Å². The number of hydrogen-bond acceptors (Lipinski definition) is 2. The number of para-hydroxylation sites is 1. The summed E-state index contributed by atoms with van der Waals surface area (Å²) < 4.78 is 6.11. The highest BCUT2D eigenvalue weighted by Gasteiger charge is 2.59. The molecule has 4 rings (SSSR count). The monoisotopic (exact) mass is 273 g/mol. The van der Waals surface area contributed by atoms with Gasteiger partial charge in [-0.05, 0) is 29.7 Å². The molecule has 1 saturated carbocycles. The van der Waals surface area contributed by atoms with Crippen molar-refractivity contribution in [2.24, 2.45) is 5.92 Å². The minimum atomic E-state index is -0.540. The van der Waals surface area contributed by atoms with Crippen LogP contribution < -0.4 is 4.74 Å². The maximum Gasteiger partial charge on any atom is 0.126 e. The molecule has 3 atom stereocenters. The largest absolute Gasteiger partial charge is 0.488 e. The minimum absolute atomic E-state index is 0.0824. The van der Waals surface area contributed by atoms with Crippen LogP contribution in [0.1, 0.15) is 17.5 Å². The van der Waals surface area contributed by atoms with Gasteiger partial charge in [0.15, 0.2) is 0 Å². The van der Waals surface area contributed by atoms with E-state index in [9.17, 15) is 5.26 Å². The predicted octanol–water partition coefficient (Wildman–Crippen LogP) is 3.94. The fraction of sp³-hybridized carbons (Fsp3) is 0.211. The molecule has 0 N–H and O–H groups in total. The van der Waals surface area contributed by atoms with Crippen molar-refractivity contribution in [3.05, 3.63) is 71.8 Å². The molecule has 0 bridgehead atoms. The Kier molecular flexibility index (Phi) is 2.62. The zero-order valence-corrected chi connectivity index (χ0v) is 11.6. The van der Waals surface area contributed by atoms with Crippen molar-refractivity contribution >= 4 is 6.08 Å². The quantitative estimate of drug-likeness (QED) is 0.830. The maximum absolute atomic E-state index is 9.90. The van der Waals surface area contributed by atoms with Gasteiger partial charge in [-0.25, -0.2) is 0 Å². The molecular formula is C19H15NO. The average molecular weight is 273 g/mol. The normalized spacial score (nSPS) is 28.7. The molecule has 0 amide bonds. The lowest BCUT2D eigenvalue weighted by molar-refractivity contribution is 0.00909. The van der Waals surface area contributed by atoms with Gasteiger partial charge in [-0.3, -0.25) is 0 Å². The molecule has 0 aromatic heterocycles. The van der Waals surface area contributed by atoms with E-state index in [4.69, 9.17) is 4.74 Å². The second kappa shape index (κ2) is 4.49. The van der Waals surface area contributed by atoms with Crippen LogP contribution in [0.3, 0.4) is 0 Å². The van der Waals surface area contributed by atoms with Crippen LogP contribution >= 0.6 is 0 Å². The van der Waals surface area contributed by atoms with Crippen molar-refractivity contribution < 1.29 is 4.74 Å². The van der Waals surface area contributed by atoms with E-state index in [2.05, 4.69) is 30.4 Å². The molecule has 1 fully saturated rings. The van der Waals surface area contributed by atoms with Crippen molar-refractivity contribution in [3.8, 4) is 11.8 Å². The van der Waals surface area contributed by atoms with Gasteiger partial charge in [0.2, 0.25) is 0 Å². The van der Waals surface area contributed by atoms with Crippen LogP contribution in [-0.2, 0) is 5.41 Å². The molecule has 2 nitrogen and oxygen atoms in total. The molecule has 2 aromatic rings. The van der Waals surface area contributed by atoms with E-state index in [1.54, 1.807) is 0 Å². The molecule has 21 heavy (non-hydrogen) atoms. The van der Waals surface area contributed by atoms with Gasteiger partial charge in [-0.1, -0.05) is 54.6 Å². The molecule has 0 spiro atoms. The number of ether oxygens (including phenoxy) is 1. The fourth-order valence-electron chi connectivity index (χ4n) is 3.54. The number of hydrogen-bond donors (Lipinski definition) is 0. The van der Waals surface area contributed by atoms with Crippen LogP contribution in [0.4, 0.5) is 0 Å². The Bertz CT molecular complexity index is 744. The highest BCUT2D eigenvalue weighted by molar-refractivity contribution is 5.64. The van der Waals surface area contributed by atoms with Crippen LogP contribution in [0.5, 0.6) is 5.75 Å². The zero-order chi connectivity index (χ0) is 14.3. The number of nitrogens with zero attached hydrogens (tertiary/aromatic N) is 1. The highest BCUT2D eigenvalue weighted by atomic mass is 16.5. The minimum Gasteiger partial charge on any atom is -0.488 e. The van der Waals surface area contributed by atoms with E-state index in [-0.39, 0.29) is 12.0 Å². The van der Waals surface area contributed by atoms with Crippen molar-refractivity contribution in [2.75, 3.05) is 0 Å². The van der Waals surface area contributed by atoms with Gasteiger partial charge in [0, 0.05) is 5.92 Å². The summed E-state index contributed by atoms with van der Waals surface area (Å²) in [4.78, 5) is 0. The van der Waals surface area contributed by atoms with E-state index in [0.29, 0.717) is 0 Å². The smallest absolute Gasteiger partial charge is 0.126 e. The molecule has 102 valence electrons. The molecule has 0 aliphatic heterocycles. The summed E-state index contributed by atoms with van der Waals surface area (Å²) in [5, 5.41) is 9.90. The Hall–Kier alpha value is -2.53. The molecule has 0 radical (unpaired) electrons. The van der Waals surface area contributed by atoms with E-state index >= 15 is 0 Å². The maximum atomic E-state index is 9.90. The second-order valence-corrected chi connectivity index (χ2v) is 5.69. The van der Waals surface area contributed by atoms with E-state index in [1.165, 1.54) is 0 Å². The zero-order valence-electron chi connectivity index (χ0n) is 11.6. The van der Waals surface area contributed by atoms with Gasteiger partial charge >= 0.3 is 0 Å². The summed E-state index contributed by atoms with van der Waals surface area (Å²) >= 11 is 0. The van der Waals surface area contributed by atoms with Gasteiger partial charge in [0.25, 0.3) is 0 Å². The van der Waals surface area contributed by atoms with E-state index < -0.39 is 5.41 Å². The van der Waals surface area contributed by atoms with Crippen molar-refractivity contribution in [3.63, 3.8) is 0 Å². The predicted molar refractivity (Wildman–Crippen MR) is 81.7 cm³/mol. The Morgan fingerprint density at radius 3 is 2.62 bits per heavy atom. The van der Waals surface area contributed by atoms with Gasteiger partial charge in [-0.2, -0.15) is 5.26 Å². The van der Waals surface area contributed by atoms with Crippen molar-refractivity contribution in [2.45, 2.75) is 17.9 Å². The van der Waals surface area contributed by atoms with Crippen LogP contribution in [-0.4, -0.2) is 6.10 Å². The SMILES string of the molecule is N#CC12c3ccccc3C=CC1CC2Oc1ccccc1. The lowest BCUT2D eigenvalue weighted by atomic mass is 9.52. The Labute approximate surface area is 124 Å². The standard InChI is InChI=1S/C19H15NO/c20-13-19-15(11-10-14-6-4-5-9-17(14)19)12-18(19)21-16-7-2-1-3-8-16/h1-11,15,18H,12H2. The molecule has 3 unspecified atom stereocenters. The number of fused-ring (bicyclic) bond motifs is 3. The Morgan fingerprint density at radius 2 is 1.81 bits per heavy atom. The fourth-order valence-corrected chi connectivity index (χ4v) is 3.54. The lowest BCUT2D eigenvalue weighted by Gasteiger charge is -2.52. The van der Waals surface area contributed by atoms with Crippen LogP contribution in [0.15, 0.2) is 60.7 Å². The van der Waals surface area contributed by atoms with Crippen LogP contribution in [0.25, 0.3) is 6.08 Å². The Morgan fingerprint density at radius 1 is 1.05 bits per heavy atom. The summed E-state index contributed by atoms with van der Waals surface area (Å²) in [5.74, 6) is 1.09. The first-order valence-corrected chi connectivity index (χ1v) is 7.25. The van der Waals surface area contributed by atoms with Crippen molar-refractivity contribution in [1.82, 2.24) is 0 Å². The summed E-state index contributed by atoms with van der Waals surface area (Å²) in [5.41, 5.74) is 1.70. The molecular weight excluding hydrogens is 258 g/mol. The first-order chi connectivity index (χ1) is 10.3. The van der Waals surface area contributed by atoms with Gasteiger partial charge in [0.1, 0.15) is 17.3 Å². The van der Waals surface area contributed by atoms with Crippen LogP contribution in [0, 0.1) is 17.2 Å².